The minimum absolute atomic E-state index is 0.804. The lowest BCUT2D eigenvalue weighted by molar-refractivity contribution is 0.457. The van der Waals surface area contributed by atoms with Gasteiger partial charge in [-0.3, -0.25) is 0 Å². The predicted molar refractivity (Wildman–Crippen MR) is 56.0 cm³/mol. The first kappa shape index (κ1) is 8.56. The van der Waals surface area contributed by atoms with Crippen molar-refractivity contribution in [1.29, 1.82) is 0 Å². The Morgan fingerprint density at radius 2 is 2.15 bits per heavy atom. The fraction of sp³-hybridized carbons (Fsp3) is 0.222. The second-order valence-corrected chi connectivity index (χ2v) is 3.96. The summed E-state index contributed by atoms with van der Waals surface area (Å²) in [5.74, 6) is 0.863. The molecule has 68 valence electrons. The van der Waals surface area contributed by atoms with Gasteiger partial charge in [-0.15, -0.1) is 0 Å². The maximum Gasteiger partial charge on any atom is 0.179 e. The Balaban J connectivity index is 2.69. The van der Waals surface area contributed by atoms with Crippen LogP contribution in [0.3, 0.4) is 0 Å². The quantitative estimate of drug-likeness (QED) is 0.768. The molecule has 0 aliphatic heterocycles. The molecule has 0 N–H and O–H groups in total. The van der Waals surface area contributed by atoms with Gasteiger partial charge >= 0.3 is 0 Å². The number of anilines is 1. The van der Waals surface area contributed by atoms with Crippen LogP contribution in [0.15, 0.2) is 27.2 Å². The maximum atomic E-state index is 5.17. The Morgan fingerprint density at radius 3 is 2.85 bits per heavy atom. The first-order chi connectivity index (χ1) is 6.18. The van der Waals surface area contributed by atoms with E-state index in [1.165, 1.54) is 0 Å². The van der Waals surface area contributed by atoms with Crippen LogP contribution < -0.4 is 4.90 Å². The average molecular weight is 241 g/mol. The molecule has 0 saturated carbocycles. The summed E-state index contributed by atoms with van der Waals surface area (Å²) >= 11 is 3.38. The summed E-state index contributed by atoms with van der Waals surface area (Å²) in [4.78, 5) is 1.93. The smallest absolute Gasteiger partial charge is 0.179 e. The summed E-state index contributed by atoms with van der Waals surface area (Å²) in [6, 6.07) is 5.88. The van der Waals surface area contributed by atoms with Gasteiger partial charge in [0.2, 0.25) is 0 Å². The van der Waals surface area contributed by atoms with Gasteiger partial charge in [0.05, 0.1) is 5.39 Å². The van der Waals surface area contributed by atoms with Gasteiger partial charge in [0.15, 0.2) is 11.4 Å². The van der Waals surface area contributed by atoms with E-state index >= 15 is 0 Å². The molecule has 0 fully saturated rings. The number of benzene rings is 1. The minimum Gasteiger partial charge on any atom is -0.359 e. The summed E-state index contributed by atoms with van der Waals surface area (Å²) in [6.45, 7) is 0. The molecule has 2 rings (SSSR count). The minimum atomic E-state index is 0.804. The molecule has 1 aromatic carbocycles. The van der Waals surface area contributed by atoms with Crippen LogP contribution in [0.5, 0.6) is 0 Å². The molecule has 4 heteroatoms. The highest BCUT2D eigenvalue weighted by molar-refractivity contribution is 9.10. The number of fused-ring (bicyclic) bond motifs is 1. The average Bonchev–Trinajstić information content (AvgIpc) is 2.46. The van der Waals surface area contributed by atoms with E-state index in [1.54, 1.807) is 0 Å². The highest BCUT2D eigenvalue weighted by Crippen LogP contribution is 2.26. The summed E-state index contributed by atoms with van der Waals surface area (Å²) in [5, 5.41) is 5.00. The van der Waals surface area contributed by atoms with Crippen molar-refractivity contribution in [2.45, 2.75) is 0 Å². The number of rotatable bonds is 1. The van der Waals surface area contributed by atoms with Crippen molar-refractivity contribution in [2.75, 3.05) is 19.0 Å². The Labute approximate surface area is 84.4 Å². The van der Waals surface area contributed by atoms with Gasteiger partial charge in [-0.2, -0.15) is 0 Å². The van der Waals surface area contributed by atoms with Gasteiger partial charge in [-0.1, -0.05) is 21.1 Å². The van der Waals surface area contributed by atoms with Gasteiger partial charge in [0.25, 0.3) is 0 Å². The molecule has 0 atom stereocenters. The second kappa shape index (κ2) is 3.03. The summed E-state index contributed by atoms with van der Waals surface area (Å²) < 4.78 is 6.17. The van der Waals surface area contributed by atoms with Crippen molar-refractivity contribution >= 4 is 32.7 Å². The molecular weight excluding hydrogens is 232 g/mol. The largest absolute Gasteiger partial charge is 0.359 e. The molecule has 0 unspecified atom stereocenters. The van der Waals surface area contributed by atoms with E-state index < -0.39 is 0 Å². The maximum absolute atomic E-state index is 5.17. The van der Waals surface area contributed by atoms with Crippen molar-refractivity contribution < 1.29 is 4.52 Å². The first-order valence-corrected chi connectivity index (χ1v) is 4.70. The van der Waals surface area contributed by atoms with Gasteiger partial charge in [0, 0.05) is 18.6 Å². The Bertz CT molecular complexity index is 436. The molecular formula is C9H9BrN2O. The van der Waals surface area contributed by atoms with E-state index in [0.717, 1.165) is 21.3 Å². The first-order valence-electron chi connectivity index (χ1n) is 3.91. The molecule has 1 aromatic heterocycles. The highest BCUT2D eigenvalue weighted by atomic mass is 79.9. The van der Waals surface area contributed by atoms with Crippen LogP contribution in [0.1, 0.15) is 0 Å². The monoisotopic (exact) mass is 240 g/mol. The van der Waals surface area contributed by atoms with Gasteiger partial charge in [-0.05, 0) is 18.2 Å². The van der Waals surface area contributed by atoms with Gasteiger partial charge in [0.1, 0.15) is 0 Å². The van der Waals surface area contributed by atoms with E-state index in [-0.39, 0.29) is 0 Å². The molecule has 2 aromatic rings. The Kier molecular flexibility index (Phi) is 2.00. The highest BCUT2D eigenvalue weighted by Gasteiger charge is 2.08. The number of nitrogens with zero attached hydrogens (tertiary/aromatic N) is 2. The van der Waals surface area contributed by atoms with Crippen molar-refractivity contribution in [2.24, 2.45) is 0 Å². The third kappa shape index (κ3) is 1.42. The van der Waals surface area contributed by atoms with Crippen LogP contribution in [0, 0.1) is 0 Å². The lowest BCUT2D eigenvalue weighted by Gasteiger charge is -2.06. The van der Waals surface area contributed by atoms with Gasteiger partial charge in [-0.25, -0.2) is 0 Å². The van der Waals surface area contributed by atoms with Crippen molar-refractivity contribution in [1.82, 2.24) is 5.16 Å². The second-order valence-electron chi connectivity index (χ2n) is 3.04. The molecule has 0 aliphatic rings. The molecule has 0 aliphatic carbocycles. The molecule has 0 bridgehead atoms. The fourth-order valence-corrected chi connectivity index (χ4v) is 1.56. The van der Waals surface area contributed by atoms with E-state index in [4.69, 9.17) is 4.52 Å². The lowest BCUT2D eigenvalue weighted by atomic mass is 10.2. The Morgan fingerprint density at radius 1 is 1.38 bits per heavy atom. The fourth-order valence-electron chi connectivity index (χ4n) is 1.22. The summed E-state index contributed by atoms with van der Waals surface area (Å²) in [6.07, 6.45) is 0. The third-order valence-electron chi connectivity index (χ3n) is 1.84. The van der Waals surface area contributed by atoms with E-state index in [2.05, 4.69) is 21.1 Å². The van der Waals surface area contributed by atoms with Gasteiger partial charge < -0.3 is 9.42 Å². The molecule has 1 heterocycles. The van der Waals surface area contributed by atoms with Crippen LogP contribution in [0.2, 0.25) is 0 Å². The van der Waals surface area contributed by atoms with Crippen molar-refractivity contribution in [3.63, 3.8) is 0 Å². The van der Waals surface area contributed by atoms with E-state index in [9.17, 15) is 0 Å². The van der Waals surface area contributed by atoms with E-state index in [1.807, 2.05) is 37.2 Å². The van der Waals surface area contributed by atoms with Crippen LogP contribution in [-0.2, 0) is 0 Å². The number of halogens is 1. The molecule has 0 spiro atoms. The van der Waals surface area contributed by atoms with Crippen LogP contribution in [0.25, 0.3) is 11.0 Å². The summed E-state index contributed by atoms with van der Waals surface area (Å²) in [5.41, 5.74) is 0.804. The third-order valence-corrected chi connectivity index (χ3v) is 2.33. The van der Waals surface area contributed by atoms with Crippen molar-refractivity contribution in [3.05, 3.63) is 22.7 Å². The molecule has 3 nitrogen and oxygen atoms in total. The van der Waals surface area contributed by atoms with Crippen LogP contribution in [-0.4, -0.2) is 19.3 Å². The molecule has 13 heavy (non-hydrogen) atoms. The molecule has 0 radical (unpaired) electrons. The van der Waals surface area contributed by atoms with Crippen LogP contribution >= 0.6 is 15.9 Å². The molecule has 0 amide bonds. The van der Waals surface area contributed by atoms with Crippen molar-refractivity contribution in [3.8, 4) is 0 Å². The zero-order chi connectivity index (χ0) is 9.42. The standard InChI is InChI=1S/C9H9BrN2O/c1-12(2)9-7-4-3-6(10)5-8(7)13-11-9/h3-5H,1-2H3. The predicted octanol–water partition coefficient (Wildman–Crippen LogP) is 2.66. The molecule has 0 saturated heterocycles. The topological polar surface area (TPSA) is 29.3 Å². The van der Waals surface area contributed by atoms with Crippen LogP contribution in [0.4, 0.5) is 5.82 Å². The lowest BCUT2D eigenvalue weighted by Crippen LogP contribution is -2.08. The van der Waals surface area contributed by atoms with E-state index in [0.29, 0.717) is 0 Å². The normalized spacial score (nSPS) is 10.7. The SMILES string of the molecule is CN(C)c1noc2cc(Br)ccc12. The number of aromatic nitrogens is 1. The number of hydrogen-bond donors (Lipinski definition) is 0. The zero-order valence-corrected chi connectivity index (χ0v) is 9.00. The zero-order valence-electron chi connectivity index (χ0n) is 7.41. The number of hydrogen-bond acceptors (Lipinski definition) is 3. The summed E-state index contributed by atoms with van der Waals surface area (Å²) in [7, 11) is 3.89. The Hall–Kier alpha value is -1.03.